The Bertz CT molecular complexity index is 447. The highest BCUT2D eigenvalue weighted by atomic mass is 19.1. The Balaban J connectivity index is 2.08. The minimum Gasteiger partial charge on any atom is -0.355 e. The van der Waals surface area contributed by atoms with E-state index in [-0.39, 0.29) is 17.8 Å². The summed E-state index contributed by atoms with van der Waals surface area (Å²) in [5, 5.41) is 2.83. The van der Waals surface area contributed by atoms with E-state index in [9.17, 15) is 9.18 Å². The average Bonchev–Trinajstić information content (AvgIpc) is 2.29. The van der Waals surface area contributed by atoms with Crippen LogP contribution in [0.4, 0.5) is 10.1 Å². The molecular formula is C12H13FN2O. The molecule has 0 aliphatic carbocycles. The lowest BCUT2D eigenvalue weighted by Crippen LogP contribution is -2.57. The van der Waals surface area contributed by atoms with Gasteiger partial charge in [-0.3, -0.25) is 4.79 Å². The van der Waals surface area contributed by atoms with Gasteiger partial charge in [0, 0.05) is 13.1 Å². The predicted molar refractivity (Wildman–Crippen MR) is 58.9 cm³/mol. The third-order valence-electron chi connectivity index (χ3n) is 3.38. The van der Waals surface area contributed by atoms with Gasteiger partial charge in [0.25, 0.3) is 0 Å². The molecule has 16 heavy (non-hydrogen) atoms. The molecule has 1 aromatic rings. The number of carbonyl (C=O) groups is 1. The second-order valence-electron chi connectivity index (χ2n) is 4.29. The quantitative estimate of drug-likeness (QED) is 0.709. The molecule has 0 aromatic heterocycles. The van der Waals surface area contributed by atoms with Crippen LogP contribution in [0.5, 0.6) is 0 Å². The number of hydrogen-bond donors (Lipinski definition) is 1. The lowest BCUT2D eigenvalue weighted by atomic mass is 9.93. The van der Waals surface area contributed by atoms with E-state index >= 15 is 0 Å². The number of amides is 1. The number of piperazine rings is 1. The van der Waals surface area contributed by atoms with Crippen LogP contribution in [0.15, 0.2) is 18.2 Å². The molecule has 4 heteroatoms. The zero-order valence-electron chi connectivity index (χ0n) is 8.87. The fourth-order valence-corrected chi connectivity index (χ4v) is 2.64. The van der Waals surface area contributed by atoms with E-state index < -0.39 is 0 Å². The fraction of sp³-hybridized carbons (Fsp3) is 0.417. The second-order valence-corrected chi connectivity index (χ2v) is 4.29. The molecule has 0 radical (unpaired) electrons. The zero-order valence-corrected chi connectivity index (χ0v) is 8.87. The first-order chi connectivity index (χ1) is 7.77. The maximum Gasteiger partial charge on any atom is 0.242 e. The van der Waals surface area contributed by atoms with Crippen LogP contribution < -0.4 is 10.2 Å². The molecule has 1 amide bonds. The third-order valence-corrected chi connectivity index (χ3v) is 3.38. The number of nitrogens with one attached hydrogen (secondary N) is 1. The van der Waals surface area contributed by atoms with Crippen molar-refractivity contribution in [3.8, 4) is 0 Å². The molecule has 3 rings (SSSR count). The van der Waals surface area contributed by atoms with Crippen LogP contribution in [0.3, 0.4) is 0 Å². The summed E-state index contributed by atoms with van der Waals surface area (Å²) in [7, 11) is 0. The third kappa shape index (κ3) is 1.29. The molecule has 2 heterocycles. The van der Waals surface area contributed by atoms with Crippen LogP contribution in [-0.4, -0.2) is 25.0 Å². The molecule has 1 N–H and O–H groups in total. The van der Waals surface area contributed by atoms with Gasteiger partial charge in [-0.25, -0.2) is 4.39 Å². The van der Waals surface area contributed by atoms with Gasteiger partial charge in [-0.15, -0.1) is 0 Å². The number of benzene rings is 1. The Morgan fingerprint density at radius 3 is 3.19 bits per heavy atom. The van der Waals surface area contributed by atoms with E-state index in [0.717, 1.165) is 18.4 Å². The number of hydrogen-bond acceptors (Lipinski definition) is 2. The molecule has 1 saturated heterocycles. The summed E-state index contributed by atoms with van der Waals surface area (Å²) in [5.41, 5.74) is 1.65. The Hall–Kier alpha value is -1.58. The first-order valence-corrected chi connectivity index (χ1v) is 5.59. The van der Waals surface area contributed by atoms with Crippen molar-refractivity contribution in [3.63, 3.8) is 0 Å². The maximum absolute atomic E-state index is 13.8. The van der Waals surface area contributed by atoms with E-state index in [1.54, 1.807) is 6.07 Å². The number of para-hydroxylation sites is 1. The molecule has 0 saturated carbocycles. The summed E-state index contributed by atoms with van der Waals surface area (Å²) < 4.78 is 13.8. The molecule has 3 nitrogen and oxygen atoms in total. The SMILES string of the molecule is O=C1NCCN2c3c(F)cccc3CCC12. The summed E-state index contributed by atoms with van der Waals surface area (Å²) >= 11 is 0. The van der Waals surface area contributed by atoms with Crippen LogP contribution >= 0.6 is 0 Å². The molecule has 1 fully saturated rings. The molecule has 0 bridgehead atoms. The number of rotatable bonds is 0. The Labute approximate surface area is 93.2 Å². The van der Waals surface area contributed by atoms with Crippen LogP contribution in [0, 0.1) is 5.82 Å². The van der Waals surface area contributed by atoms with Gasteiger partial charge in [0.05, 0.1) is 5.69 Å². The van der Waals surface area contributed by atoms with Crippen molar-refractivity contribution in [2.45, 2.75) is 18.9 Å². The summed E-state index contributed by atoms with van der Waals surface area (Å²) in [6, 6.07) is 4.96. The largest absolute Gasteiger partial charge is 0.355 e. The normalized spacial score (nSPS) is 23.4. The molecule has 2 aliphatic rings. The summed E-state index contributed by atoms with van der Waals surface area (Å²) in [6.07, 6.45) is 1.56. The van der Waals surface area contributed by atoms with Crippen molar-refractivity contribution in [2.75, 3.05) is 18.0 Å². The first kappa shape index (κ1) is 9.63. The summed E-state index contributed by atoms with van der Waals surface area (Å²) in [4.78, 5) is 13.6. The van der Waals surface area contributed by atoms with E-state index in [1.807, 2.05) is 11.0 Å². The molecule has 2 aliphatic heterocycles. The summed E-state index contributed by atoms with van der Waals surface area (Å²) in [5.74, 6) is -0.183. The van der Waals surface area contributed by atoms with Gasteiger partial charge >= 0.3 is 0 Å². The highest BCUT2D eigenvalue weighted by Crippen LogP contribution is 2.33. The van der Waals surface area contributed by atoms with E-state index in [0.29, 0.717) is 18.8 Å². The molecular weight excluding hydrogens is 207 g/mol. The molecule has 1 unspecified atom stereocenters. The van der Waals surface area contributed by atoms with Crippen LogP contribution in [0.2, 0.25) is 0 Å². The monoisotopic (exact) mass is 220 g/mol. The summed E-state index contributed by atoms with van der Waals surface area (Å²) in [6.45, 7) is 1.30. The number of aryl methyl sites for hydroxylation is 1. The maximum atomic E-state index is 13.8. The van der Waals surface area contributed by atoms with Crippen molar-refractivity contribution in [2.24, 2.45) is 0 Å². The van der Waals surface area contributed by atoms with Crippen LogP contribution in [-0.2, 0) is 11.2 Å². The highest BCUT2D eigenvalue weighted by Gasteiger charge is 2.35. The number of nitrogens with zero attached hydrogens (tertiary/aromatic N) is 1. The van der Waals surface area contributed by atoms with E-state index in [4.69, 9.17) is 0 Å². The topological polar surface area (TPSA) is 32.3 Å². The Kier molecular flexibility index (Phi) is 2.09. The molecule has 0 spiro atoms. The number of halogens is 1. The van der Waals surface area contributed by atoms with Gasteiger partial charge in [-0.1, -0.05) is 12.1 Å². The predicted octanol–water partition coefficient (Wildman–Crippen LogP) is 1.08. The average molecular weight is 220 g/mol. The molecule has 1 aromatic carbocycles. The van der Waals surface area contributed by atoms with Crippen molar-refractivity contribution in [1.82, 2.24) is 5.32 Å². The van der Waals surface area contributed by atoms with Crippen LogP contribution in [0.1, 0.15) is 12.0 Å². The minimum atomic E-state index is -0.211. The minimum absolute atomic E-state index is 0.0279. The van der Waals surface area contributed by atoms with Crippen molar-refractivity contribution < 1.29 is 9.18 Å². The first-order valence-electron chi connectivity index (χ1n) is 5.59. The van der Waals surface area contributed by atoms with Crippen molar-refractivity contribution >= 4 is 11.6 Å². The van der Waals surface area contributed by atoms with Crippen molar-refractivity contribution in [3.05, 3.63) is 29.6 Å². The van der Waals surface area contributed by atoms with Crippen molar-refractivity contribution in [1.29, 1.82) is 0 Å². The number of anilines is 1. The lowest BCUT2D eigenvalue weighted by molar-refractivity contribution is -0.123. The molecule has 84 valence electrons. The number of fused-ring (bicyclic) bond motifs is 3. The van der Waals surface area contributed by atoms with Gasteiger partial charge in [0.1, 0.15) is 11.9 Å². The van der Waals surface area contributed by atoms with Gasteiger partial charge in [-0.2, -0.15) is 0 Å². The Morgan fingerprint density at radius 2 is 2.31 bits per heavy atom. The lowest BCUT2D eigenvalue weighted by Gasteiger charge is -2.41. The highest BCUT2D eigenvalue weighted by molar-refractivity contribution is 5.87. The van der Waals surface area contributed by atoms with E-state index in [2.05, 4.69) is 5.32 Å². The second kappa shape index (κ2) is 3.47. The van der Waals surface area contributed by atoms with Gasteiger partial charge < -0.3 is 10.2 Å². The van der Waals surface area contributed by atoms with Gasteiger partial charge in [0.15, 0.2) is 0 Å². The Morgan fingerprint density at radius 1 is 1.44 bits per heavy atom. The van der Waals surface area contributed by atoms with E-state index in [1.165, 1.54) is 6.07 Å². The van der Waals surface area contributed by atoms with Crippen LogP contribution in [0.25, 0.3) is 0 Å². The number of carbonyl (C=O) groups excluding carboxylic acids is 1. The van der Waals surface area contributed by atoms with Gasteiger partial charge in [-0.05, 0) is 24.5 Å². The molecule has 1 atom stereocenters. The van der Waals surface area contributed by atoms with Gasteiger partial charge in [0.2, 0.25) is 5.91 Å². The standard InChI is InChI=1S/C12H13FN2O/c13-9-3-1-2-8-4-5-10-12(16)14-6-7-15(10)11(8)9/h1-3,10H,4-7H2,(H,14,16). The smallest absolute Gasteiger partial charge is 0.242 e. The zero-order chi connectivity index (χ0) is 11.1. The fourth-order valence-electron chi connectivity index (χ4n) is 2.64.